The molecule has 0 atom stereocenters. The van der Waals surface area contributed by atoms with E-state index in [1.165, 1.54) is 0 Å². The third kappa shape index (κ3) is 1.56. The molecule has 2 heteroatoms. The Bertz CT molecular complexity index is 63.4. The molecule has 0 aromatic rings. The largest absolute Gasteiger partial charge is 0.386 e. The summed E-state index contributed by atoms with van der Waals surface area (Å²) in [5, 5.41) is 0. The zero-order chi connectivity index (χ0) is 5.33. The van der Waals surface area contributed by atoms with Gasteiger partial charge in [0, 0.05) is 34.3 Å². The molecule has 0 aromatic heterocycles. The zero-order valence-electron chi connectivity index (χ0n) is 5.14. The van der Waals surface area contributed by atoms with Crippen molar-refractivity contribution in [1.29, 1.82) is 0 Å². The average Bonchev–Trinajstić information content (AvgIpc) is 1.61. The van der Waals surface area contributed by atoms with Gasteiger partial charge in [0.05, 0.1) is 0 Å². The van der Waals surface area contributed by atoms with Crippen LogP contribution in [0.2, 0.25) is 0 Å². The third-order valence-corrected chi connectivity index (χ3v) is 1.57. The van der Waals surface area contributed by atoms with Crippen molar-refractivity contribution in [3.05, 3.63) is 6.92 Å². The van der Waals surface area contributed by atoms with E-state index >= 15 is 0 Å². The van der Waals surface area contributed by atoms with Crippen molar-refractivity contribution in [2.75, 3.05) is 13.2 Å². The first-order chi connectivity index (χ1) is 3.27. The predicted molar refractivity (Wildman–Crippen MR) is 28.9 cm³/mol. The van der Waals surface area contributed by atoms with Crippen LogP contribution in [0.5, 0.6) is 0 Å². The van der Waals surface area contributed by atoms with Crippen LogP contribution < -0.4 is 0 Å². The smallest absolute Gasteiger partial charge is 0.0268 e. The first kappa shape index (κ1) is 8.65. The average molecular weight is 283 g/mol. The third-order valence-electron chi connectivity index (χ3n) is 1.57. The van der Waals surface area contributed by atoms with Crippen molar-refractivity contribution in [2.24, 2.45) is 5.41 Å². The molecule has 0 radical (unpaired) electrons. The summed E-state index contributed by atoms with van der Waals surface area (Å²) in [6.45, 7) is 7.85. The fraction of sp³-hybridized carbons (Fsp3) is 0.833. The molecule has 1 saturated heterocycles. The molecule has 1 aliphatic heterocycles. The topological polar surface area (TPSA) is 9.23 Å². The maximum atomic E-state index is 4.97. The van der Waals surface area contributed by atoms with E-state index in [-0.39, 0.29) is 21.1 Å². The summed E-state index contributed by atoms with van der Waals surface area (Å²) in [6.07, 6.45) is 1.15. The van der Waals surface area contributed by atoms with E-state index in [9.17, 15) is 0 Å². The van der Waals surface area contributed by atoms with Crippen LogP contribution in [0.3, 0.4) is 0 Å². The van der Waals surface area contributed by atoms with E-state index in [1.54, 1.807) is 0 Å². The fourth-order valence-corrected chi connectivity index (χ4v) is 0.595. The van der Waals surface area contributed by atoms with Gasteiger partial charge in [0.2, 0.25) is 0 Å². The van der Waals surface area contributed by atoms with Gasteiger partial charge in [-0.1, -0.05) is 13.3 Å². The number of ether oxygens (including phenoxy) is 1. The summed E-state index contributed by atoms with van der Waals surface area (Å²) in [5.41, 5.74) is 0.292. The van der Waals surface area contributed by atoms with E-state index in [1.807, 2.05) is 0 Å². The second-order valence-corrected chi connectivity index (χ2v) is 2.35. The first-order valence-corrected chi connectivity index (χ1v) is 2.70. The fourth-order valence-electron chi connectivity index (χ4n) is 0.595. The molecule has 8 heavy (non-hydrogen) atoms. The van der Waals surface area contributed by atoms with Gasteiger partial charge in [0.15, 0.2) is 0 Å². The molecule has 1 rings (SSSR count). The van der Waals surface area contributed by atoms with Gasteiger partial charge < -0.3 is 11.7 Å². The Morgan fingerprint density at radius 2 is 2.12 bits per heavy atom. The summed E-state index contributed by atoms with van der Waals surface area (Å²) >= 11 is 0. The minimum absolute atomic E-state index is 0. The van der Waals surface area contributed by atoms with Gasteiger partial charge in [0.1, 0.15) is 0 Å². The van der Waals surface area contributed by atoms with Crippen molar-refractivity contribution >= 4 is 0 Å². The molecule has 0 saturated carbocycles. The van der Waals surface area contributed by atoms with Gasteiger partial charge >= 0.3 is 0 Å². The van der Waals surface area contributed by atoms with Crippen LogP contribution in [-0.2, 0) is 25.8 Å². The van der Waals surface area contributed by atoms with Gasteiger partial charge in [-0.2, -0.15) is 0 Å². The van der Waals surface area contributed by atoms with Gasteiger partial charge in [0.25, 0.3) is 0 Å². The molecule has 0 amide bonds. The molecule has 48 valence electrons. The molecular formula is C6H11OW-. The van der Waals surface area contributed by atoms with Gasteiger partial charge in [-0.05, 0) is 0 Å². The molecule has 1 heterocycles. The van der Waals surface area contributed by atoms with Gasteiger partial charge in [-0.3, -0.25) is 0 Å². The van der Waals surface area contributed by atoms with Gasteiger partial charge in [-0.15, -0.1) is 5.41 Å². The van der Waals surface area contributed by atoms with Gasteiger partial charge in [-0.25, -0.2) is 0 Å². The Hall–Kier alpha value is 0.648. The molecule has 0 unspecified atom stereocenters. The summed E-state index contributed by atoms with van der Waals surface area (Å²) in [5.74, 6) is 0. The van der Waals surface area contributed by atoms with E-state index in [2.05, 4.69) is 13.8 Å². The summed E-state index contributed by atoms with van der Waals surface area (Å²) in [6, 6.07) is 0. The van der Waals surface area contributed by atoms with E-state index < -0.39 is 0 Å². The molecular weight excluding hydrogens is 272 g/mol. The number of rotatable bonds is 1. The Balaban J connectivity index is 0.000000490. The van der Waals surface area contributed by atoms with Crippen molar-refractivity contribution in [3.63, 3.8) is 0 Å². The number of hydrogen-bond donors (Lipinski definition) is 0. The van der Waals surface area contributed by atoms with Crippen LogP contribution in [0.15, 0.2) is 0 Å². The molecule has 1 nitrogen and oxygen atoms in total. The monoisotopic (exact) mass is 283 g/mol. The summed E-state index contributed by atoms with van der Waals surface area (Å²) < 4.78 is 4.97. The minimum Gasteiger partial charge on any atom is -0.386 e. The Labute approximate surface area is 65.1 Å². The molecule has 0 bridgehead atoms. The second-order valence-electron chi connectivity index (χ2n) is 2.35. The van der Waals surface area contributed by atoms with Crippen molar-refractivity contribution in [2.45, 2.75) is 13.3 Å². The first-order valence-electron chi connectivity index (χ1n) is 2.70. The molecule has 0 spiro atoms. The standard InChI is InChI=1S/C6H11O.W/c1-3-6(2)4-7-5-6;/h2-5H2,1H3;/q-1;. The van der Waals surface area contributed by atoms with Crippen LogP contribution in [0.4, 0.5) is 0 Å². The normalized spacial score (nSPS) is 23.2. The van der Waals surface area contributed by atoms with Crippen molar-refractivity contribution in [3.8, 4) is 0 Å². The Morgan fingerprint density at radius 1 is 1.62 bits per heavy atom. The predicted octanol–water partition coefficient (Wildman–Crippen LogP) is 1.24. The quantitative estimate of drug-likeness (QED) is 0.658. The van der Waals surface area contributed by atoms with Crippen LogP contribution in [0.25, 0.3) is 0 Å². The molecule has 1 fully saturated rings. The maximum Gasteiger partial charge on any atom is 0.0268 e. The molecule has 0 N–H and O–H groups in total. The van der Waals surface area contributed by atoms with Crippen LogP contribution in [0, 0.1) is 12.3 Å². The minimum atomic E-state index is 0. The maximum absolute atomic E-state index is 4.97. The van der Waals surface area contributed by atoms with Crippen molar-refractivity contribution in [1.82, 2.24) is 0 Å². The molecule has 0 aliphatic carbocycles. The molecule has 1 aliphatic rings. The number of hydrogen-bond acceptors (Lipinski definition) is 1. The van der Waals surface area contributed by atoms with Crippen LogP contribution in [-0.4, -0.2) is 13.2 Å². The summed E-state index contributed by atoms with van der Waals surface area (Å²) in [7, 11) is 0. The summed E-state index contributed by atoms with van der Waals surface area (Å²) in [4.78, 5) is 0. The van der Waals surface area contributed by atoms with Crippen LogP contribution in [0.1, 0.15) is 13.3 Å². The van der Waals surface area contributed by atoms with Crippen molar-refractivity contribution < 1.29 is 25.8 Å². The van der Waals surface area contributed by atoms with E-state index in [0.717, 1.165) is 19.6 Å². The molecule has 0 aromatic carbocycles. The Kier molecular flexibility index (Phi) is 3.22. The van der Waals surface area contributed by atoms with Crippen LogP contribution >= 0.6 is 0 Å². The SMILES string of the molecule is [CH2-]C1(CC)COC1.[W]. The Morgan fingerprint density at radius 3 is 2.12 bits per heavy atom. The van der Waals surface area contributed by atoms with E-state index in [0.29, 0.717) is 5.41 Å². The second kappa shape index (κ2) is 2.98. The zero-order valence-corrected chi connectivity index (χ0v) is 8.08. The van der Waals surface area contributed by atoms with E-state index in [4.69, 9.17) is 4.74 Å².